The fraction of sp³-hybridized carbons (Fsp3) is 0.423. The number of aliphatic hydroxyl groups is 1. The Balaban J connectivity index is 0.827. The van der Waals surface area contributed by atoms with Gasteiger partial charge in [0.2, 0.25) is 17.7 Å². The molecule has 21 heteroatoms. The van der Waals surface area contributed by atoms with Crippen LogP contribution in [0.2, 0.25) is 0 Å². The number of benzene rings is 3. The first-order valence-electron chi connectivity index (χ1n) is 23.5. The zero-order valence-electron chi connectivity index (χ0n) is 40.8. The van der Waals surface area contributed by atoms with Gasteiger partial charge in [0.25, 0.3) is 11.1 Å². The lowest BCUT2D eigenvalue weighted by Crippen LogP contribution is -2.58. The number of phenols is 1. The third-order valence-corrected chi connectivity index (χ3v) is 13.7. The van der Waals surface area contributed by atoms with E-state index in [1.54, 1.807) is 38.2 Å². The van der Waals surface area contributed by atoms with Crippen molar-refractivity contribution >= 4 is 58.0 Å². The van der Waals surface area contributed by atoms with Crippen LogP contribution in [0.4, 0.5) is 18.0 Å². The van der Waals surface area contributed by atoms with Crippen LogP contribution in [0, 0.1) is 23.7 Å². The number of alkyl halides is 3. The van der Waals surface area contributed by atoms with Crippen molar-refractivity contribution in [1.29, 1.82) is 5.26 Å². The van der Waals surface area contributed by atoms with E-state index in [0.717, 1.165) is 39.9 Å². The van der Waals surface area contributed by atoms with E-state index < -0.39 is 75.7 Å². The molecule has 16 nitrogen and oxygen atoms in total. The third kappa shape index (κ3) is 15.6. The molecule has 1 unspecified atom stereocenters. The van der Waals surface area contributed by atoms with Crippen LogP contribution >= 0.6 is 23.1 Å². The number of imide groups is 1. The second-order valence-electron chi connectivity index (χ2n) is 18.4. The molecule has 1 aromatic heterocycles. The molecule has 0 radical (unpaired) electrons. The minimum atomic E-state index is -4.82. The maximum atomic E-state index is 13.9. The molecule has 4 aromatic rings. The molecule has 6 rings (SSSR count). The Morgan fingerprint density at radius 1 is 0.918 bits per heavy atom. The van der Waals surface area contributed by atoms with Crippen molar-refractivity contribution in [2.75, 3.05) is 52.7 Å². The number of ether oxygens (including phenoxy) is 4. The van der Waals surface area contributed by atoms with Gasteiger partial charge in [0, 0.05) is 37.5 Å². The summed E-state index contributed by atoms with van der Waals surface area (Å²) < 4.78 is 62.7. The summed E-state index contributed by atoms with van der Waals surface area (Å²) in [5.74, 6) is -3.32. The number of carbonyl (C=O) groups excluding carboxylic acids is 5. The number of nitriles is 1. The minimum absolute atomic E-state index is 0.0446. The predicted octanol–water partition coefficient (Wildman–Crippen LogP) is 8.18. The van der Waals surface area contributed by atoms with Crippen molar-refractivity contribution in [3.05, 3.63) is 105 Å². The summed E-state index contributed by atoms with van der Waals surface area (Å²) in [5.41, 5.74) is 1.34. The van der Waals surface area contributed by atoms with Gasteiger partial charge in [-0.3, -0.25) is 28.9 Å². The Kier molecular flexibility index (Phi) is 19.6. The molecule has 3 aromatic carbocycles. The number of thioether (sulfide) groups is 1. The lowest BCUT2D eigenvalue weighted by Gasteiger charge is -2.35. The smallest absolute Gasteiger partial charge is 0.420 e. The molecule has 3 atom stereocenters. The van der Waals surface area contributed by atoms with Gasteiger partial charge in [-0.25, -0.2) is 0 Å². The number of nitrogens with one attached hydrogen (secondary N) is 2. The minimum Gasteiger partial charge on any atom is -0.504 e. The molecule has 3 heterocycles. The highest BCUT2D eigenvalue weighted by molar-refractivity contribution is 8.18. The first kappa shape index (κ1) is 56.0. The summed E-state index contributed by atoms with van der Waals surface area (Å²) in [4.78, 5) is 69.7. The molecule has 5 amide bonds. The Hall–Kier alpha value is -6.28. The number of aryl methyl sites for hydroxylation is 1. The fourth-order valence-corrected chi connectivity index (χ4v) is 9.71. The molecule has 73 heavy (non-hydrogen) atoms. The standard InChI is InChI=1S/C52H58F3N5O11S2/c1-32-16-23-72-45(32)36-12-8-33(9-13-36)29-57-47(64)39-27-37(61)30-60(39)49(66)46(51(2,3)4)58-44(63)31-70-22-21-69-20-19-68-18-7-5-6-17-59-48(65)43(73-50(59)67)26-34-10-15-42(40(62)25-34)71-41-14-11-35(28-56)24-38(41)52(53,54)55/h8-16,23-26,37,39,46,61-62H,5-7,17-22,27,29-31H2,1-4H3,(H,57,64)(H,58,63)/b43-26-/t37-,39?,46-/m1/s1. The molecule has 390 valence electrons. The molecule has 0 bridgehead atoms. The van der Waals surface area contributed by atoms with Crippen molar-refractivity contribution < 1.29 is 66.3 Å². The Labute approximate surface area is 429 Å². The zero-order chi connectivity index (χ0) is 52.9. The Morgan fingerprint density at radius 3 is 2.27 bits per heavy atom. The highest BCUT2D eigenvalue weighted by Gasteiger charge is 2.44. The topological polar surface area (TPSA) is 217 Å². The third-order valence-electron chi connectivity index (χ3n) is 11.8. The van der Waals surface area contributed by atoms with Gasteiger partial charge < -0.3 is 44.7 Å². The largest absolute Gasteiger partial charge is 0.504 e. The summed E-state index contributed by atoms with van der Waals surface area (Å²) >= 11 is 2.39. The number of halogens is 3. The fourth-order valence-electron chi connectivity index (χ4n) is 7.91. The number of rotatable bonds is 23. The summed E-state index contributed by atoms with van der Waals surface area (Å²) in [6.45, 7) is 8.75. The van der Waals surface area contributed by atoms with Crippen molar-refractivity contribution in [1.82, 2.24) is 20.4 Å². The first-order valence-corrected chi connectivity index (χ1v) is 25.2. The number of carbonyl (C=O) groups is 5. The van der Waals surface area contributed by atoms with Crippen LogP contribution < -0.4 is 15.4 Å². The van der Waals surface area contributed by atoms with Crippen molar-refractivity contribution in [3.8, 4) is 33.8 Å². The van der Waals surface area contributed by atoms with E-state index in [0.29, 0.717) is 44.1 Å². The molecular formula is C52H58F3N5O11S2. The highest BCUT2D eigenvalue weighted by atomic mass is 32.2. The number of hydrogen-bond donors (Lipinski definition) is 4. The van der Waals surface area contributed by atoms with Gasteiger partial charge in [0.1, 0.15) is 24.4 Å². The van der Waals surface area contributed by atoms with Crippen LogP contribution in [0.3, 0.4) is 0 Å². The molecular weight excluding hydrogens is 992 g/mol. The van der Waals surface area contributed by atoms with Crippen molar-refractivity contribution in [2.24, 2.45) is 5.41 Å². The zero-order valence-corrected chi connectivity index (χ0v) is 42.4. The molecule has 2 saturated heterocycles. The Morgan fingerprint density at radius 2 is 1.62 bits per heavy atom. The van der Waals surface area contributed by atoms with E-state index in [1.807, 2.05) is 29.6 Å². The van der Waals surface area contributed by atoms with Crippen LogP contribution in [0.25, 0.3) is 16.5 Å². The van der Waals surface area contributed by atoms with E-state index in [4.69, 9.17) is 24.2 Å². The monoisotopic (exact) mass is 1050 g/mol. The van der Waals surface area contributed by atoms with Crippen LogP contribution in [0.1, 0.15) is 74.3 Å². The number of phenolic OH excluding ortho intramolecular Hbond substituents is 1. The van der Waals surface area contributed by atoms with E-state index in [1.165, 1.54) is 39.6 Å². The molecule has 2 fully saturated rings. The van der Waals surface area contributed by atoms with Gasteiger partial charge in [-0.1, -0.05) is 51.1 Å². The number of amides is 5. The summed E-state index contributed by atoms with van der Waals surface area (Å²) in [7, 11) is 0. The number of unbranched alkanes of at least 4 members (excludes halogenated alkanes) is 2. The maximum Gasteiger partial charge on any atom is 0.420 e. The van der Waals surface area contributed by atoms with Crippen LogP contribution in [0.15, 0.2) is 77.0 Å². The summed E-state index contributed by atoms with van der Waals surface area (Å²) in [6, 6.07) is 16.3. The van der Waals surface area contributed by atoms with E-state index in [2.05, 4.69) is 23.6 Å². The van der Waals surface area contributed by atoms with E-state index >= 15 is 0 Å². The number of aliphatic hydroxyl groups excluding tert-OH is 1. The van der Waals surface area contributed by atoms with Crippen LogP contribution in [-0.4, -0.2) is 120 Å². The Bertz CT molecular complexity index is 2680. The SMILES string of the molecule is Cc1ccsc1-c1ccc(CNC(=O)C2C[C@@H](O)CN2C(=O)[C@@H](NC(=O)COCCOCCOCCCCCN2C(=O)S/C(=C\c3ccc(Oc4ccc(C#N)cc4C(F)(F)F)c(O)c3)C2=O)C(C)(C)C)cc1. The molecule has 2 aliphatic heterocycles. The van der Waals surface area contributed by atoms with E-state index in [-0.39, 0.29) is 68.7 Å². The molecule has 2 aliphatic rings. The first-order chi connectivity index (χ1) is 34.7. The maximum absolute atomic E-state index is 13.9. The predicted molar refractivity (Wildman–Crippen MR) is 267 cm³/mol. The van der Waals surface area contributed by atoms with Gasteiger partial charge in [-0.2, -0.15) is 18.4 Å². The quantitative estimate of drug-likeness (QED) is 0.0408. The van der Waals surface area contributed by atoms with Gasteiger partial charge >= 0.3 is 6.18 Å². The number of hydrogen-bond acceptors (Lipinski definition) is 14. The van der Waals surface area contributed by atoms with Gasteiger partial charge in [0.15, 0.2) is 11.5 Å². The molecule has 0 saturated carbocycles. The second kappa shape index (κ2) is 25.6. The second-order valence-corrected chi connectivity index (χ2v) is 20.3. The summed E-state index contributed by atoms with van der Waals surface area (Å²) in [5, 5.41) is 37.3. The van der Waals surface area contributed by atoms with Gasteiger partial charge in [-0.15, -0.1) is 11.3 Å². The van der Waals surface area contributed by atoms with Crippen molar-refractivity contribution in [3.63, 3.8) is 0 Å². The number of nitrogens with zero attached hydrogens (tertiary/aromatic N) is 3. The number of β-amino-alcohol motifs (C(OH)–C–C–N with tert-alkyl or cyclic N) is 1. The molecule has 4 N–H and O–H groups in total. The van der Waals surface area contributed by atoms with Crippen LogP contribution in [0.5, 0.6) is 17.2 Å². The molecule has 0 spiro atoms. The number of aromatic hydroxyl groups is 1. The average molecular weight is 1050 g/mol. The van der Waals surface area contributed by atoms with Crippen molar-refractivity contribution in [2.45, 2.75) is 84.3 Å². The van der Waals surface area contributed by atoms with Crippen LogP contribution in [-0.2, 0) is 46.1 Å². The highest BCUT2D eigenvalue weighted by Crippen LogP contribution is 2.41. The number of likely N-dealkylation sites (tertiary alicyclic amines) is 1. The number of thiophene rings is 1. The van der Waals surface area contributed by atoms with Gasteiger partial charge in [0.05, 0.1) is 54.6 Å². The normalized spacial score (nSPS) is 17.0. The lowest BCUT2D eigenvalue weighted by molar-refractivity contribution is -0.144. The average Bonchev–Trinajstić information content (AvgIpc) is 4.04. The lowest BCUT2D eigenvalue weighted by atomic mass is 9.85. The summed E-state index contributed by atoms with van der Waals surface area (Å²) in [6.07, 6.45) is -2.42. The van der Waals surface area contributed by atoms with Gasteiger partial charge in [-0.05, 0) is 113 Å². The van der Waals surface area contributed by atoms with E-state index in [9.17, 15) is 47.4 Å². The molecule has 0 aliphatic carbocycles.